The number of ether oxygens (including phenoxy) is 1. The summed E-state index contributed by atoms with van der Waals surface area (Å²) < 4.78 is 20.7. The zero-order valence-electron chi connectivity index (χ0n) is 12.2. The van der Waals surface area contributed by atoms with Gasteiger partial charge in [0.05, 0.1) is 10.9 Å². The van der Waals surface area contributed by atoms with Crippen LogP contribution in [0.5, 0.6) is 0 Å². The number of aliphatic hydroxyl groups excluding tert-OH is 2. The van der Waals surface area contributed by atoms with E-state index in [0.717, 1.165) is 10.9 Å². The van der Waals surface area contributed by atoms with Crippen LogP contribution in [0.2, 0.25) is 0 Å². The summed E-state index contributed by atoms with van der Waals surface area (Å²) in [7, 11) is 0. The molecule has 0 aliphatic carbocycles. The van der Waals surface area contributed by atoms with Crippen molar-refractivity contribution in [2.45, 2.75) is 23.8 Å². The number of aromatic nitrogens is 3. The summed E-state index contributed by atoms with van der Waals surface area (Å²) in [5.74, 6) is 1.40. The monoisotopic (exact) mass is 332 g/mol. The fourth-order valence-electron chi connectivity index (χ4n) is 2.74. The third kappa shape index (κ3) is 1.90. The summed E-state index contributed by atoms with van der Waals surface area (Å²) in [6.07, 6.45) is 9.36. The molecule has 1 aliphatic rings. The van der Waals surface area contributed by atoms with Crippen LogP contribution in [0.1, 0.15) is 11.8 Å². The van der Waals surface area contributed by atoms with E-state index in [1.54, 1.807) is 0 Å². The molecule has 0 aromatic carbocycles. The number of aliphatic hydroxyl groups is 3. The first kappa shape index (κ1) is 16.2. The van der Waals surface area contributed by atoms with Crippen molar-refractivity contribution in [3.8, 4) is 24.7 Å². The van der Waals surface area contributed by atoms with E-state index in [1.807, 2.05) is 5.92 Å². The molecule has 1 saturated heterocycles. The summed E-state index contributed by atoms with van der Waals surface area (Å²) in [5, 5.41) is 30.0. The number of hydrogen-bond donors (Lipinski definition) is 4. The molecular formula is C15H13FN4O4. The molecule has 3 heterocycles. The van der Waals surface area contributed by atoms with Gasteiger partial charge in [0.15, 0.2) is 12.3 Å². The van der Waals surface area contributed by atoms with E-state index in [1.165, 1.54) is 6.20 Å². The van der Waals surface area contributed by atoms with Crippen LogP contribution in [0.15, 0.2) is 12.5 Å². The SMILES string of the molecule is C#Cc1cn([C@@H]2O[C@](F)(CO)[C@@H](O)[C@]2(O)C#C)c2ncnc(N)c12. The molecule has 1 aliphatic heterocycles. The van der Waals surface area contributed by atoms with E-state index in [2.05, 4.69) is 15.9 Å². The maximum atomic E-state index is 14.5. The second kappa shape index (κ2) is 5.16. The number of nitrogens with zero attached hydrogens (tertiary/aromatic N) is 3. The molecule has 0 unspecified atom stereocenters. The summed E-state index contributed by atoms with van der Waals surface area (Å²) >= 11 is 0. The summed E-state index contributed by atoms with van der Waals surface area (Å²) in [6.45, 7) is -1.22. The Hall–Kier alpha value is -2.69. The van der Waals surface area contributed by atoms with Gasteiger partial charge in [-0.1, -0.05) is 11.8 Å². The molecule has 1 fully saturated rings. The van der Waals surface area contributed by atoms with Crippen molar-refractivity contribution in [2.75, 3.05) is 12.3 Å². The van der Waals surface area contributed by atoms with Crippen LogP contribution in [-0.2, 0) is 4.74 Å². The van der Waals surface area contributed by atoms with E-state index < -0.39 is 30.4 Å². The quantitative estimate of drug-likeness (QED) is 0.515. The van der Waals surface area contributed by atoms with Crippen molar-refractivity contribution in [1.29, 1.82) is 0 Å². The molecule has 4 atom stereocenters. The van der Waals surface area contributed by atoms with Gasteiger partial charge in [-0.15, -0.1) is 12.8 Å². The van der Waals surface area contributed by atoms with Gasteiger partial charge in [-0.05, 0) is 0 Å². The largest absolute Gasteiger partial charge is 0.390 e. The molecule has 5 N–H and O–H groups in total. The molecule has 8 nitrogen and oxygen atoms in total. The lowest BCUT2D eigenvalue weighted by molar-refractivity contribution is -0.206. The first-order chi connectivity index (χ1) is 11.3. The number of halogens is 1. The number of fused-ring (bicyclic) bond motifs is 1. The lowest BCUT2D eigenvalue weighted by Gasteiger charge is -2.26. The van der Waals surface area contributed by atoms with E-state index in [9.17, 15) is 14.6 Å². The molecule has 2 aromatic heterocycles. The van der Waals surface area contributed by atoms with Crippen LogP contribution in [0, 0.1) is 24.7 Å². The predicted octanol–water partition coefficient (Wildman–Crippen LogP) is -1.09. The fraction of sp³-hybridized carbons (Fsp3) is 0.333. The minimum Gasteiger partial charge on any atom is -0.390 e. The highest BCUT2D eigenvalue weighted by atomic mass is 19.2. The molecular weight excluding hydrogens is 319 g/mol. The Morgan fingerprint density at radius 2 is 2.17 bits per heavy atom. The Morgan fingerprint density at radius 1 is 1.46 bits per heavy atom. The maximum absolute atomic E-state index is 14.5. The molecule has 0 bridgehead atoms. The van der Waals surface area contributed by atoms with Crippen molar-refractivity contribution in [3.05, 3.63) is 18.1 Å². The highest BCUT2D eigenvalue weighted by molar-refractivity contribution is 5.92. The van der Waals surface area contributed by atoms with Crippen LogP contribution in [-0.4, -0.2) is 54.0 Å². The van der Waals surface area contributed by atoms with Gasteiger partial charge in [0.2, 0.25) is 5.60 Å². The van der Waals surface area contributed by atoms with Gasteiger partial charge >= 0.3 is 0 Å². The topological polar surface area (TPSA) is 127 Å². The molecule has 3 rings (SSSR count). The van der Waals surface area contributed by atoms with Crippen LogP contribution < -0.4 is 5.73 Å². The third-order valence-electron chi connectivity index (χ3n) is 4.00. The molecule has 9 heteroatoms. The van der Waals surface area contributed by atoms with E-state index in [0.29, 0.717) is 0 Å². The van der Waals surface area contributed by atoms with Gasteiger partial charge in [-0.25, -0.2) is 14.4 Å². The number of nitrogen functional groups attached to an aromatic ring is 1. The highest BCUT2D eigenvalue weighted by Gasteiger charge is 2.64. The number of nitrogens with two attached hydrogens (primary N) is 1. The number of terminal acetylenes is 2. The predicted molar refractivity (Wildman–Crippen MR) is 80.7 cm³/mol. The van der Waals surface area contributed by atoms with Crippen LogP contribution in [0.4, 0.5) is 10.2 Å². The summed E-state index contributed by atoms with van der Waals surface area (Å²) in [6, 6.07) is 0. The number of anilines is 1. The van der Waals surface area contributed by atoms with Gasteiger partial charge < -0.3 is 30.4 Å². The number of hydrogen-bond acceptors (Lipinski definition) is 7. The molecule has 0 saturated carbocycles. The summed E-state index contributed by atoms with van der Waals surface area (Å²) in [5.41, 5.74) is 3.70. The Morgan fingerprint density at radius 3 is 2.75 bits per heavy atom. The molecule has 0 spiro atoms. The first-order valence-electron chi connectivity index (χ1n) is 6.75. The average Bonchev–Trinajstić information content (AvgIpc) is 3.06. The molecule has 124 valence electrons. The van der Waals surface area contributed by atoms with Gasteiger partial charge in [0.25, 0.3) is 5.85 Å². The van der Waals surface area contributed by atoms with Gasteiger partial charge in [0.1, 0.15) is 24.4 Å². The molecule has 24 heavy (non-hydrogen) atoms. The Labute approximate surface area is 135 Å². The Kier molecular flexibility index (Phi) is 3.48. The minimum absolute atomic E-state index is 0.0724. The Balaban J connectivity index is 2.27. The zero-order valence-corrected chi connectivity index (χ0v) is 12.2. The minimum atomic E-state index is -2.96. The van der Waals surface area contributed by atoms with E-state index >= 15 is 0 Å². The van der Waals surface area contributed by atoms with Crippen LogP contribution >= 0.6 is 0 Å². The van der Waals surface area contributed by atoms with Crippen molar-refractivity contribution in [1.82, 2.24) is 14.5 Å². The average molecular weight is 332 g/mol. The van der Waals surface area contributed by atoms with Crippen molar-refractivity contribution in [3.63, 3.8) is 0 Å². The normalized spacial score (nSPS) is 32.6. The van der Waals surface area contributed by atoms with Crippen LogP contribution in [0.25, 0.3) is 11.0 Å². The van der Waals surface area contributed by atoms with Gasteiger partial charge in [-0.2, -0.15) is 0 Å². The van der Waals surface area contributed by atoms with Crippen molar-refractivity contribution >= 4 is 16.9 Å². The summed E-state index contributed by atoms with van der Waals surface area (Å²) in [4.78, 5) is 7.83. The van der Waals surface area contributed by atoms with E-state index in [-0.39, 0.29) is 22.4 Å². The van der Waals surface area contributed by atoms with Crippen molar-refractivity contribution in [2.24, 2.45) is 0 Å². The standard InChI is InChI=1S/C15H13FN4O4/c1-3-8-5-20(11-9(8)10(17)18-7-19-11)13-14(23,4-2)12(22)15(16,6-21)24-13/h1-2,5,7,12-13,21-23H,6H2,(H2,17,18,19)/t12-,13+,14+,15+/m0/s1. The third-order valence-corrected chi connectivity index (χ3v) is 4.00. The molecule has 0 amide bonds. The number of rotatable bonds is 2. The maximum Gasteiger partial charge on any atom is 0.264 e. The lowest BCUT2D eigenvalue weighted by Crippen LogP contribution is -2.49. The second-order valence-corrected chi connectivity index (χ2v) is 5.34. The zero-order chi connectivity index (χ0) is 17.7. The van der Waals surface area contributed by atoms with Gasteiger partial charge in [-0.3, -0.25) is 0 Å². The van der Waals surface area contributed by atoms with Crippen molar-refractivity contribution < 1.29 is 24.4 Å². The smallest absolute Gasteiger partial charge is 0.264 e. The Bertz CT molecular complexity index is 901. The second-order valence-electron chi connectivity index (χ2n) is 5.34. The fourth-order valence-corrected chi connectivity index (χ4v) is 2.74. The van der Waals surface area contributed by atoms with E-state index in [4.69, 9.17) is 28.4 Å². The van der Waals surface area contributed by atoms with Crippen LogP contribution in [0.3, 0.4) is 0 Å². The highest BCUT2D eigenvalue weighted by Crippen LogP contribution is 2.46. The molecule has 0 radical (unpaired) electrons. The molecule has 2 aromatic rings. The lowest BCUT2D eigenvalue weighted by atomic mass is 9.94. The first-order valence-corrected chi connectivity index (χ1v) is 6.75. The number of alkyl halides is 1. The van der Waals surface area contributed by atoms with Gasteiger partial charge in [0, 0.05) is 6.20 Å².